The van der Waals surface area contributed by atoms with Crippen LogP contribution in [0.15, 0.2) is 48.5 Å². The Morgan fingerprint density at radius 3 is 2.24 bits per heavy atom. The van der Waals surface area contributed by atoms with Crippen LogP contribution in [0, 0.1) is 5.41 Å². The van der Waals surface area contributed by atoms with Gasteiger partial charge in [-0.3, -0.25) is 9.59 Å². The number of methoxy groups -OCH3 is 1. The predicted octanol–water partition coefficient (Wildman–Crippen LogP) is 3.25. The molecular formula is C26H30N2O6. The van der Waals surface area contributed by atoms with Crippen molar-refractivity contribution in [2.75, 3.05) is 33.4 Å². The maximum atomic E-state index is 13.1. The monoisotopic (exact) mass is 466 g/mol. The van der Waals surface area contributed by atoms with E-state index >= 15 is 0 Å². The summed E-state index contributed by atoms with van der Waals surface area (Å²) in [5.74, 6) is -1.44. The fourth-order valence-electron chi connectivity index (χ4n) is 5.01. The minimum atomic E-state index is -1.26. The lowest BCUT2D eigenvalue weighted by Crippen LogP contribution is -2.56. The van der Waals surface area contributed by atoms with E-state index in [0.29, 0.717) is 6.42 Å². The molecule has 8 heteroatoms. The molecule has 0 bridgehead atoms. The van der Waals surface area contributed by atoms with E-state index in [0.717, 1.165) is 22.3 Å². The molecular weight excluding hydrogens is 436 g/mol. The molecule has 1 unspecified atom stereocenters. The number of hydrogen-bond donors (Lipinski definition) is 2. The van der Waals surface area contributed by atoms with Crippen LogP contribution in [0.5, 0.6) is 0 Å². The average Bonchev–Trinajstić information content (AvgIpc) is 3.38. The van der Waals surface area contributed by atoms with Gasteiger partial charge in [0, 0.05) is 26.1 Å². The predicted molar refractivity (Wildman–Crippen MR) is 125 cm³/mol. The number of fused-ring (bicyclic) bond motifs is 3. The second kappa shape index (κ2) is 9.10. The quantitative estimate of drug-likeness (QED) is 0.649. The van der Waals surface area contributed by atoms with Crippen LogP contribution in [-0.2, 0) is 19.1 Å². The normalized spacial score (nSPS) is 19.4. The van der Waals surface area contributed by atoms with Gasteiger partial charge in [-0.2, -0.15) is 0 Å². The highest BCUT2D eigenvalue weighted by Gasteiger charge is 2.49. The molecule has 0 radical (unpaired) electrons. The lowest BCUT2D eigenvalue weighted by molar-refractivity contribution is -0.152. The SMILES string of the molecule is COCC1(C(=O)O)CCN(C(=O)C(C)(C)NC(=O)OCC2c3ccccc3-c3ccccc32)C1. The Hall–Kier alpha value is -3.39. The number of carbonyl (C=O) groups is 3. The first-order valence-corrected chi connectivity index (χ1v) is 11.3. The summed E-state index contributed by atoms with van der Waals surface area (Å²) in [4.78, 5) is 39.1. The summed E-state index contributed by atoms with van der Waals surface area (Å²) in [6.45, 7) is 3.66. The molecule has 0 aromatic heterocycles. The largest absolute Gasteiger partial charge is 0.481 e. The van der Waals surface area contributed by atoms with E-state index in [1.807, 2.05) is 36.4 Å². The van der Waals surface area contributed by atoms with Gasteiger partial charge in [0.25, 0.3) is 0 Å². The van der Waals surface area contributed by atoms with Crippen molar-refractivity contribution in [2.24, 2.45) is 5.41 Å². The third-order valence-corrected chi connectivity index (χ3v) is 6.81. The molecule has 2 aliphatic rings. The fraction of sp³-hybridized carbons (Fsp3) is 0.423. The fourth-order valence-corrected chi connectivity index (χ4v) is 5.01. The van der Waals surface area contributed by atoms with Crippen molar-refractivity contribution in [3.8, 4) is 11.1 Å². The summed E-state index contributed by atoms with van der Waals surface area (Å²) in [6.07, 6.45) is -0.399. The number of benzene rings is 2. The zero-order valence-electron chi connectivity index (χ0n) is 19.7. The summed E-state index contributed by atoms with van der Waals surface area (Å²) in [6, 6.07) is 16.1. The summed E-state index contributed by atoms with van der Waals surface area (Å²) in [5.41, 5.74) is 2.08. The minimum absolute atomic E-state index is 0.0202. The molecule has 2 aromatic carbocycles. The number of aliphatic carboxylic acids is 1. The van der Waals surface area contributed by atoms with Gasteiger partial charge < -0.3 is 24.8 Å². The van der Waals surface area contributed by atoms with Crippen molar-refractivity contribution >= 4 is 18.0 Å². The van der Waals surface area contributed by atoms with Crippen LogP contribution >= 0.6 is 0 Å². The van der Waals surface area contributed by atoms with Gasteiger partial charge in [0.1, 0.15) is 17.6 Å². The number of ether oxygens (including phenoxy) is 2. The van der Waals surface area contributed by atoms with E-state index in [2.05, 4.69) is 17.4 Å². The van der Waals surface area contributed by atoms with Crippen molar-refractivity contribution in [1.29, 1.82) is 0 Å². The van der Waals surface area contributed by atoms with E-state index in [4.69, 9.17) is 9.47 Å². The molecule has 34 heavy (non-hydrogen) atoms. The zero-order valence-corrected chi connectivity index (χ0v) is 19.7. The zero-order chi connectivity index (χ0) is 24.5. The van der Waals surface area contributed by atoms with E-state index in [9.17, 15) is 19.5 Å². The Morgan fingerprint density at radius 1 is 1.09 bits per heavy atom. The number of alkyl carbamates (subject to hydrolysis) is 1. The van der Waals surface area contributed by atoms with E-state index < -0.39 is 23.0 Å². The lowest BCUT2D eigenvalue weighted by Gasteiger charge is -2.31. The van der Waals surface area contributed by atoms with Crippen molar-refractivity contribution in [3.63, 3.8) is 0 Å². The van der Waals surface area contributed by atoms with Crippen molar-refractivity contribution in [2.45, 2.75) is 31.7 Å². The summed E-state index contributed by atoms with van der Waals surface area (Å²) in [5, 5.41) is 12.3. The standard InChI is InChI=1S/C26H30N2O6/c1-25(2,22(29)28-13-12-26(15-28,16-33-3)23(30)31)27-24(32)34-14-21-19-10-6-4-8-17(19)18-9-5-7-11-20(18)21/h4-11,21H,12-16H2,1-3H3,(H,27,32)(H,30,31). The molecule has 0 spiro atoms. The number of carboxylic acids is 1. The maximum absolute atomic E-state index is 13.1. The molecule has 2 amide bonds. The van der Waals surface area contributed by atoms with Gasteiger partial charge in [0.2, 0.25) is 5.91 Å². The summed E-state index contributed by atoms with van der Waals surface area (Å²) in [7, 11) is 1.44. The first kappa shape index (κ1) is 23.8. The topological polar surface area (TPSA) is 105 Å². The van der Waals surface area contributed by atoms with Crippen LogP contribution in [-0.4, -0.2) is 66.9 Å². The van der Waals surface area contributed by atoms with Crippen molar-refractivity contribution < 1.29 is 29.0 Å². The molecule has 4 rings (SSSR count). The smallest absolute Gasteiger partial charge is 0.408 e. The van der Waals surface area contributed by atoms with Gasteiger partial charge >= 0.3 is 12.1 Å². The van der Waals surface area contributed by atoms with Gasteiger partial charge in [-0.05, 0) is 42.5 Å². The van der Waals surface area contributed by atoms with Gasteiger partial charge in [-0.1, -0.05) is 48.5 Å². The Morgan fingerprint density at radius 2 is 1.68 bits per heavy atom. The van der Waals surface area contributed by atoms with Crippen LogP contribution < -0.4 is 5.32 Å². The van der Waals surface area contributed by atoms with Gasteiger partial charge in [-0.25, -0.2) is 4.79 Å². The molecule has 2 aromatic rings. The molecule has 0 saturated carbocycles. The van der Waals surface area contributed by atoms with E-state index in [1.165, 1.54) is 12.0 Å². The molecule has 1 fully saturated rings. The summed E-state index contributed by atoms with van der Waals surface area (Å²) < 4.78 is 10.7. The number of amides is 2. The van der Waals surface area contributed by atoms with Gasteiger partial charge in [0.05, 0.1) is 6.61 Å². The number of likely N-dealkylation sites (tertiary alicyclic amines) is 1. The summed E-state index contributed by atoms with van der Waals surface area (Å²) >= 11 is 0. The number of carboxylic acid groups (broad SMARTS) is 1. The van der Waals surface area contributed by atoms with E-state index in [1.54, 1.807) is 13.8 Å². The van der Waals surface area contributed by atoms with Crippen LogP contribution in [0.25, 0.3) is 11.1 Å². The van der Waals surface area contributed by atoms with Crippen LogP contribution in [0.1, 0.15) is 37.3 Å². The molecule has 1 aliphatic heterocycles. The highest BCUT2D eigenvalue weighted by molar-refractivity contribution is 5.90. The number of nitrogens with zero attached hydrogens (tertiary/aromatic N) is 1. The number of rotatable bonds is 7. The minimum Gasteiger partial charge on any atom is -0.481 e. The van der Waals surface area contributed by atoms with Gasteiger partial charge in [-0.15, -0.1) is 0 Å². The molecule has 1 heterocycles. The first-order chi connectivity index (χ1) is 16.2. The van der Waals surface area contributed by atoms with Crippen molar-refractivity contribution in [1.82, 2.24) is 10.2 Å². The Bertz CT molecular complexity index is 1070. The van der Waals surface area contributed by atoms with Crippen LogP contribution in [0.3, 0.4) is 0 Å². The second-order valence-corrected chi connectivity index (χ2v) is 9.57. The Kier molecular flexibility index (Phi) is 6.36. The third-order valence-electron chi connectivity index (χ3n) is 6.81. The Balaban J connectivity index is 1.39. The third kappa shape index (κ3) is 4.25. The molecule has 1 saturated heterocycles. The maximum Gasteiger partial charge on any atom is 0.408 e. The van der Waals surface area contributed by atoms with Crippen LogP contribution in [0.4, 0.5) is 4.79 Å². The van der Waals surface area contributed by atoms with Gasteiger partial charge in [0.15, 0.2) is 0 Å². The lowest BCUT2D eigenvalue weighted by atomic mass is 9.88. The molecule has 8 nitrogen and oxygen atoms in total. The molecule has 180 valence electrons. The Labute approximate surface area is 198 Å². The molecule has 1 atom stereocenters. The molecule has 1 aliphatic carbocycles. The second-order valence-electron chi connectivity index (χ2n) is 9.57. The number of carbonyl (C=O) groups excluding carboxylic acids is 2. The van der Waals surface area contributed by atoms with Crippen molar-refractivity contribution in [3.05, 3.63) is 59.7 Å². The average molecular weight is 467 g/mol. The first-order valence-electron chi connectivity index (χ1n) is 11.3. The highest BCUT2D eigenvalue weighted by atomic mass is 16.5. The highest BCUT2D eigenvalue weighted by Crippen LogP contribution is 2.44. The number of hydrogen-bond acceptors (Lipinski definition) is 5. The molecule has 2 N–H and O–H groups in total. The number of nitrogens with one attached hydrogen (secondary N) is 1. The van der Waals surface area contributed by atoms with Crippen LogP contribution in [0.2, 0.25) is 0 Å². The van der Waals surface area contributed by atoms with E-state index in [-0.39, 0.29) is 38.1 Å².